The standard InChI is InChI=1S/C30H25N7/c1-21-8-5-6-11-24(21)26-19-29(35-30(34-26)31-17-15-22-9-3-2-4-10-22)37-20-32-27-18-23(13-14-28(27)37)25-12-7-16-33-36-25/h2-14,16,18-20H,15,17H2,1H3,(H,31,34,35). The van der Waals surface area contributed by atoms with Crippen LogP contribution < -0.4 is 5.32 Å². The number of anilines is 1. The molecule has 0 atom stereocenters. The van der Waals surface area contributed by atoms with Gasteiger partial charge in [-0.05, 0) is 48.7 Å². The Morgan fingerprint density at radius 1 is 0.811 bits per heavy atom. The van der Waals surface area contributed by atoms with E-state index in [1.807, 2.05) is 65.5 Å². The molecule has 0 aliphatic rings. The molecule has 180 valence electrons. The van der Waals surface area contributed by atoms with Crippen LogP contribution in [0.1, 0.15) is 11.1 Å². The third-order valence-electron chi connectivity index (χ3n) is 6.34. The van der Waals surface area contributed by atoms with Gasteiger partial charge in [0.2, 0.25) is 5.95 Å². The number of aromatic nitrogens is 6. The normalized spacial score (nSPS) is 11.1. The topological polar surface area (TPSA) is 81.4 Å². The number of hydrogen-bond acceptors (Lipinski definition) is 6. The average molecular weight is 484 g/mol. The summed E-state index contributed by atoms with van der Waals surface area (Å²) < 4.78 is 2.00. The lowest BCUT2D eigenvalue weighted by atomic mass is 10.1. The Hall–Kier alpha value is -4.91. The first kappa shape index (κ1) is 22.5. The van der Waals surface area contributed by atoms with Crippen molar-refractivity contribution in [2.45, 2.75) is 13.3 Å². The third-order valence-corrected chi connectivity index (χ3v) is 6.34. The molecule has 0 amide bonds. The number of imidazole rings is 1. The highest BCUT2D eigenvalue weighted by Crippen LogP contribution is 2.27. The molecule has 7 nitrogen and oxygen atoms in total. The number of rotatable bonds is 7. The monoisotopic (exact) mass is 483 g/mol. The number of aryl methyl sites for hydroxylation is 1. The van der Waals surface area contributed by atoms with Gasteiger partial charge in [-0.25, -0.2) is 9.97 Å². The maximum absolute atomic E-state index is 4.87. The number of fused-ring (bicyclic) bond motifs is 1. The molecule has 6 rings (SSSR count). The molecule has 0 saturated carbocycles. The van der Waals surface area contributed by atoms with Crippen LogP contribution in [0.2, 0.25) is 0 Å². The Balaban J connectivity index is 1.38. The lowest BCUT2D eigenvalue weighted by Gasteiger charge is -2.12. The minimum Gasteiger partial charge on any atom is -0.354 e. The first-order valence-electron chi connectivity index (χ1n) is 12.2. The Bertz CT molecular complexity index is 1660. The van der Waals surface area contributed by atoms with Gasteiger partial charge >= 0.3 is 0 Å². The molecule has 37 heavy (non-hydrogen) atoms. The van der Waals surface area contributed by atoms with Crippen LogP contribution in [0.4, 0.5) is 5.95 Å². The number of hydrogen-bond donors (Lipinski definition) is 1. The second-order valence-electron chi connectivity index (χ2n) is 8.84. The molecule has 1 N–H and O–H groups in total. The minimum absolute atomic E-state index is 0.588. The molecule has 0 fully saturated rings. The van der Waals surface area contributed by atoms with Crippen LogP contribution in [0.25, 0.3) is 39.4 Å². The largest absolute Gasteiger partial charge is 0.354 e. The van der Waals surface area contributed by atoms with Gasteiger partial charge in [-0.3, -0.25) is 4.57 Å². The van der Waals surface area contributed by atoms with Gasteiger partial charge in [0.05, 0.1) is 22.4 Å². The zero-order valence-corrected chi connectivity index (χ0v) is 20.4. The third kappa shape index (κ3) is 4.79. The summed E-state index contributed by atoms with van der Waals surface area (Å²) in [6.45, 7) is 2.83. The van der Waals surface area contributed by atoms with Gasteiger partial charge in [-0.1, -0.05) is 60.7 Å². The van der Waals surface area contributed by atoms with Crippen molar-refractivity contribution in [2.24, 2.45) is 0 Å². The highest BCUT2D eigenvalue weighted by molar-refractivity contribution is 5.82. The molecule has 6 aromatic rings. The highest BCUT2D eigenvalue weighted by Gasteiger charge is 2.13. The van der Waals surface area contributed by atoms with Crippen molar-refractivity contribution in [1.29, 1.82) is 0 Å². The van der Waals surface area contributed by atoms with E-state index in [4.69, 9.17) is 9.97 Å². The van der Waals surface area contributed by atoms with Crippen molar-refractivity contribution in [1.82, 2.24) is 29.7 Å². The predicted octanol–water partition coefficient (Wildman–Crippen LogP) is 5.90. The van der Waals surface area contributed by atoms with Crippen LogP contribution in [0, 0.1) is 6.92 Å². The van der Waals surface area contributed by atoms with Crippen LogP contribution >= 0.6 is 0 Å². The second kappa shape index (κ2) is 9.99. The van der Waals surface area contributed by atoms with E-state index in [0.29, 0.717) is 5.95 Å². The Morgan fingerprint density at radius 2 is 1.68 bits per heavy atom. The van der Waals surface area contributed by atoms with Gasteiger partial charge in [-0.15, -0.1) is 0 Å². The molecule has 3 aromatic carbocycles. The highest BCUT2D eigenvalue weighted by atomic mass is 15.2. The summed E-state index contributed by atoms with van der Waals surface area (Å²) >= 11 is 0. The first-order chi connectivity index (χ1) is 18.2. The molecular formula is C30H25N7. The molecule has 0 unspecified atom stereocenters. The van der Waals surface area contributed by atoms with Gasteiger partial charge in [0.25, 0.3) is 0 Å². The van der Waals surface area contributed by atoms with Crippen molar-refractivity contribution >= 4 is 17.0 Å². The van der Waals surface area contributed by atoms with Crippen molar-refractivity contribution < 1.29 is 0 Å². The lowest BCUT2D eigenvalue weighted by molar-refractivity contribution is 0.955. The average Bonchev–Trinajstić information content (AvgIpc) is 3.38. The fraction of sp³-hybridized carbons (Fsp3) is 0.100. The summed E-state index contributed by atoms with van der Waals surface area (Å²) in [6.07, 6.45) is 4.36. The smallest absolute Gasteiger partial charge is 0.225 e. The van der Waals surface area contributed by atoms with Gasteiger partial charge in [0.1, 0.15) is 12.1 Å². The number of nitrogens with one attached hydrogen (secondary N) is 1. The van der Waals surface area contributed by atoms with Gasteiger partial charge < -0.3 is 5.32 Å². The van der Waals surface area contributed by atoms with Crippen LogP contribution in [0.15, 0.2) is 104 Å². The summed E-state index contributed by atoms with van der Waals surface area (Å²) in [5, 5.41) is 11.6. The molecule has 0 aliphatic heterocycles. The van der Waals surface area contributed by atoms with Gasteiger partial charge in [0, 0.05) is 29.9 Å². The van der Waals surface area contributed by atoms with Crippen LogP contribution in [-0.4, -0.2) is 36.3 Å². The van der Waals surface area contributed by atoms with E-state index >= 15 is 0 Å². The van der Waals surface area contributed by atoms with E-state index in [1.54, 1.807) is 6.20 Å². The summed E-state index contributed by atoms with van der Waals surface area (Å²) in [4.78, 5) is 14.4. The molecule has 0 saturated heterocycles. The molecule has 3 aromatic heterocycles. The maximum atomic E-state index is 4.87. The summed E-state index contributed by atoms with van der Waals surface area (Å²) in [5.74, 6) is 1.34. The SMILES string of the molecule is Cc1ccccc1-c1cc(-n2cnc3cc(-c4cccnn4)ccc32)nc(NCCc2ccccc2)n1. The quantitative estimate of drug-likeness (QED) is 0.304. The Labute approximate surface area is 214 Å². The van der Waals surface area contributed by atoms with Crippen molar-refractivity contribution in [2.75, 3.05) is 11.9 Å². The van der Waals surface area contributed by atoms with E-state index in [9.17, 15) is 0 Å². The zero-order chi connectivity index (χ0) is 25.0. The molecule has 0 bridgehead atoms. The Kier molecular flexibility index (Phi) is 6.09. The van der Waals surface area contributed by atoms with E-state index in [2.05, 4.69) is 63.8 Å². The molecular weight excluding hydrogens is 458 g/mol. The summed E-state index contributed by atoms with van der Waals surface area (Å²) in [7, 11) is 0. The zero-order valence-electron chi connectivity index (χ0n) is 20.4. The fourth-order valence-corrected chi connectivity index (χ4v) is 4.41. The van der Waals surface area contributed by atoms with E-state index < -0.39 is 0 Å². The summed E-state index contributed by atoms with van der Waals surface area (Å²) in [5.41, 5.74) is 7.96. The van der Waals surface area contributed by atoms with Crippen LogP contribution in [0.5, 0.6) is 0 Å². The number of benzene rings is 3. The van der Waals surface area contributed by atoms with Gasteiger partial charge in [0.15, 0.2) is 0 Å². The Morgan fingerprint density at radius 3 is 2.51 bits per heavy atom. The second-order valence-corrected chi connectivity index (χ2v) is 8.84. The molecule has 7 heteroatoms. The van der Waals surface area contributed by atoms with E-state index in [1.165, 1.54) is 5.56 Å². The van der Waals surface area contributed by atoms with Crippen molar-refractivity contribution in [3.05, 3.63) is 115 Å². The maximum Gasteiger partial charge on any atom is 0.225 e. The molecule has 0 aliphatic carbocycles. The predicted molar refractivity (Wildman–Crippen MR) is 146 cm³/mol. The lowest BCUT2D eigenvalue weighted by Crippen LogP contribution is -2.10. The molecule has 0 spiro atoms. The van der Waals surface area contributed by atoms with E-state index in [0.717, 1.165) is 57.9 Å². The minimum atomic E-state index is 0.588. The number of nitrogens with zero attached hydrogens (tertiary/aromatic N) is 6. The molecule has 0 radical (unpaired) electrons. The van der Waals surface area contributed by atoms with Crippen LogP contribution in [-0.2, 0) is 6.42 Å². The molecule has 3 heterocycles. The van der Waals surface area contributed by atoms with E-state index in [-0.39, 0.29) is 0 Å². The van der Waals surface area contributed by atoms with Gasteiger partial charge in [-0.2, -0.15) is 15.2 Å². The summed E-state index contributed by atoms with van der Waals surface area (Å²) in [6, 6.07) is 30.6. The van der Waals surface area contributed by atoms with Crippen LogP contribution in [0.3, 0.4) is 0 Å². The van der Waals surface area contributed by atoms with Crippen molar-refractivity contribution in [3.8, 4) is 28.3 Å². The van der Waals surface area contributed by atoms with Crippen molar-refractivity contribution in [3.63, 3.8) is 0 Å². The first-order valence-corrected chi connectivity index (χ1v) is 12.2. The fourth-order valence-electron chi connectivity index (χ4n) is 4.41.